The Balaban J connectivity index is 1.57. The standard InChI is InChI=1S/C33H26N2O3S/c1-19-14-15-25-22(17-19)20(2)18-27-33(23-11-6-7-12-24(23)34-32(33)38)28(30(36)21-9-4-3-5-10-21)29(35(25)27)31(37)26-13-8-16-39-26/h3-18,27-29H,1-2H3,(H,34,38)/t27-,28+,29-,33+/m0/s1. The van der Waals surface area contributed by atoms with Gasteiger partial charge in [0.05, 0.1) is 16.8 Å². The molecule has 0 saturated carbocycles. The number of nitrogens with one attached hydrogen (secondary N) is 1. The molecular formula is C33H26N2O3S. The molecule has 4 aromatic rings. The summed E-state index contributed by atoms with van der Waals surface area (Å²) in [5.74, 6) is -1.53. The minimum Gasteiger partial charge on any atom is -0.352 e. The Hall–Kier alpha value is -4.29. The molecule has 4 heterocycles. The van der Waals surface area contributed by atoms with Gasteiger partial charge in [0, 0.05) is 22.5 Å². The van der Waals surface area contributed by atoms with Crippen LogP contribution in [0, 0.1) is 12.8 Å². The predicted molar refractivity (Wildman–Crippen MR) is 155 cm³/mol. The molecule has 7 rings (SSSR count). The third-order valence-electron chi connectivity index (χ3n) is 8.51. The molecule has 1 saturated heterocycles. The number of fused-ring (bicyclic) bond motifs is 6. The number of allylic oxidation sites excluding steroid dienone is 1. The Morgan fingerprint density at radius 2 is 1.67 bits per heavy atom. The van der Waals surface area contributed by atoms with Gasteiger partial charge in [-0.15, -0.1) is 11.3 Å². The van der Waals surface area contributed by atoms with Gasteiger partial charge >= 0.3 is 0 Å². The summed E-state index contributed by atoms with van der Waals surface area (Å²) in [5, 5.41) is 4.96. The lowest BCUT2D eigenvalue weighted by atomic mass is 9.64. The molecule has 1 spiro atoms. The summed E-state index contributed by atoms with van der Waals surface area (Å²) in [4.78, 5) is 46.2. The van der Waals surface area contributed by atoms with Crippen LogP contribution in [0.5, 0.6) is 0 Å². The monoisotopic (exact) mass is 530 g/mol. The summed E-state index contributed by atoms with van der Waals surface area (Å²) in [6.45, 7) is 4.09. The topological polar surface area (TPSA) is 66.5 Å². The fraction of sp³-hybridized carbons (Fsp3) is 0.182. The van der Waals surface area contributed by atoms with Crippen LogP contribution in [-0.2, 0) is 10.2 Å². The Kier molecular flexibility index (Phi) is 5.26. The maximum Gasteiger partial charge on any atom is 0.238 e. The first-order chi connectivity index (χ1) is 18.9. The van der Waals surface area contributed by atoms with Crippen LogP contribution in [0.15, 0.2) is 96.4 Å². The number of amides is 1. The molecule has 1 amide bonds. The number of anilines is 2. The first-order valence-electron chi connectivity index (χ1n) is 13.1. The van der Waals surface area contributed by atoms with Crippen LogP contribution in [0.1, 0.15) is 43.6 Å². The Morgan fingerprint density at radius 1 is 0.897 bits per heavy atom. The molecule has 0 aliphatic carbocycles. The highest BCUT2D eigenvalue weighted by molar-refractivity contribution is 7.12. The quantitative estimate of drug-likeness (QED) is 0.314. The fourth-order valence-electron chi connectivity index (χ4n) is 6.89. The van der Waals surface area contributed by atoms with E-state index < -0.39 is 23.4 Å². The van der Waals surface area contributed by atoms with Crippen molar-refractivity contribution in [3.8, 4) is 0 Å². The van der Waals surface area contributed by atoms with E-state index in [1.54, 1.807) is 18.2 Å². The number of nitrogens with zero attached hydrogens (tertiary/aromatic N) is 1. The third kappa shape index (κ3) is 3.21. The highest BCUT2D eigenvalue weighted by Crippen LogP contribution is 2.59. The van der Waals surface area contributed by atoms with E-state index in [9.17, 15) is 14.4 Å². The number of thiophene rings is 1. The largest absolute Gasteiger partial charge is 0.352 e. The van der Waals surface area contributed by atoms with Crippen LogP contribution < -0.4 is 10.2 Å². The van der Waals surface area contributed by atoms with Gasteiger partial charge in [0.1, 0.15) is 11.5 Å². The van der Waals surface area contributed by atoms with Gasteiger partial charge in [-0.05, 0) is 54.6 Å². The van der Waals surface area contributed by atoms with Crippen molar-refractivity contribution in [2.24, 2.45) is 5.92 Å². The van der Waals surface area contributed by atoms with E-state index >= 15 is 0 Å². The Morgan fingerprint density at radius 3 is 2.44 bits per heavy atom. The van der Waals surface area contributed by atoms with Crippen LogP contribution in [0.4, 0.5) is 11.4 Å². The predicted octanol–water partition coefficient (Wildman–Crippen LogP) is 6.30. The Labute approximate surface area is 230 Å². The van der Waals surface area contributed by atoms with Crippen molar-refractivity contribution in [2.75, 3.05) is 10.2 Å². The second kappa shape index (κ2) is 8.61. The molecule has 0 radical (unpaired) electrons. The molecule has 1 N–H and O–H groups in total. The number of benzene rings is 3. The molecule has 1 aromatic heterocycles. The first-order valence-corrected chi connectivity index (χ1v) is 14.0. The number of para-hydroxylation sites is 1. The minimum atomic E-state index is -1.29. The van der Waals surface area contributed by atoms with Gasteiger partial charge in [0.2, 0.25) is 5.91 Å². The van der Waals surface area contributed by atoms with Gasteiger partial charge in [0.15, 0.2) is 11.6 Å². The SMILES string of the molecule is CC1=C[C@@H]2N(c3ccc(C)cc31)[C@H](C(=O)c1cccs1)[C@H](C(=O)c1ccccc1)[C@]21C(=O)Nc2ccccc21. The van der Waals surface area contributed by atoms with E-state index in [0.717, 1.165) is 28.0 Å². The van der Waals surface area contributed by atoms with E-state index in [2.05, 4.69) is 22.4 Å². The van der Waals surface area contributed by atoms with Gasteiger partial charge in [0.25, 0.3) is 0 Å². The number of hydrogen-bond donors (Lipinski definition) is 1. The minimum absolute atomic E-state index is 0.141. The maximum atomic E-state index is 14.7. The fourth-order valence-corrected chi connectivity index (χ4v) is 7.59. The van der Waals surface area contributed by atoms with E-state index in [0.29, 0.717) is 16.1 Å². The van der Waals surface area contributed by atoms with E-state index in [1.165, 1.54) is 11.3 Å². The molecule has 1 fully saturated rings. The lowest BCUT2D eigenvalue weighted by Gasteiger charge is -2.39. The second-order valence-corrected chi connectivity index (χ2v) is 11.5. The van der Waals surface area contributed by atoms with Crippen molar-refractivity contribution >= 4 is 45.8 Å². The summed E-state index contributed by atoms with van der Waals surface area (Å²) >= 11 is 1.37. The average Bonchev–Trinajstić information content (AvgIpc) is 3.66. The zero-order valence-corrected chi connectivity index (χ0v) is 22.4. The van der Waals surface area contributed by atoms with Gasteiger partial charge in [-0.25, -0.2) is 0 Å². The molecule has 4 atom stereocenters. The molecule has 0 unspecified atom stereocenters. The molecule has 6 heteroatoms. The summed E-state index contributed by atoms with van der Waals surface area (Å²) in [5.41, 5.74) is 4.69. The van der Waals surface area contributed by atoms with Crippen LogP contribution >= 0.6 is 11.3 Å². The molecule has 0 bridgehead atoms. The van der Waals surface area contributed by atoms with Crippen molar-refractivity contribution in [1.29, 1.82) is 0 Å². The number of ketones is 2. The summed E-state index contributed by atoms with van der Waals surface area (Å²) in [6.07, 6.45) is 2.09. The van der Waals surface area contributed by atoms with Crippen LogP contribution in [0.25, 0.3) is 5.57 Å². The summed E-state index contributed by atoms with van der Waals surface area (Å²) < 4.78 is 0. The molecule has 3 aromatic carbocycles. The molecule has 3 aliphatic rings. The summed E-state index contributed by atoms with van der Waals surface area (Å²) in [6, 6.07) is 25.1. The number of carbonyl (C=O) groups is 3. The van der Waals surface area contributed by atoms with Gasteiger partial charge in [-0.1, -0.05) is 72.3 Å². The smallest absolute Gasteiger partial charge is 0.238 e. The number of aryl methyl sites for hydroxylation is 1. The number of rotatable bonds is 4. The maximum absolute atomic E-state index is 14.7. The zero-order chi connectivity index (χ0) is 26.9. The highest BCUT2D eigenvalue weighted by atomic mass is 32.1. The normalized spacial score (nSPS) is 24.6. The first kappa shape index (κ1) is 23.8. The second-order valence-electron chi connectivity index (χ2n) is 10.6. The molecule has 5 nitrogen and oxygen atoms in total. The lowest BCUT2D eigenvalue weighted by Crippen LogP contribution is -2.51. The van der Waals surface area contributed by atoms with Crippen molar-refractivity contribution < 1.29 is 14.4 Å². The lowest BCUT2D eigenvalue weighted by molar-refractivity contribution is -0.121. The summed E-state index contributed by atoms with van der Waals surface area (Å²) in [7, 11) is 0. The molecule has 3 aliphatic heterocycles. The molecule has 39 heavy (non-hydrogen) atoms. The van der Waals surface area contributed by atoms with Crippen LogP contribution in [0.2, 0.25) is 0 Å². The third-order valence-corrected chi connectivity index (χ3v) is 9.39. The van der Waals surface area contributed by atoms with Crippen molar-refractivity contribution in [2.45, 2.75) is 31.3 Å². The van der Waals surface area contributed by atoms with Crippen LogP contribution in [-0.4, -0.2) is 29.6 Å². The van der Waals surface area contributed by atoms with Gasteiger partial charge in [-0.3, -0.25) is 14.4 Å². The number of Topliss-reactive ketones (excluding diaryl/α,β-unsaturated/α-hetero) is 2. The zero-order valence-electron chi connectivity index (χ0n) is 21.5. The van der Waals surface area contributed by atoms with Crippen molar-refractivity contribution in [3.05, 3.63) is 124 Å². The Bertz CT molecular complexity index is 1690. The number of hydrogen-bond acceptors (Lipinski definition) is 5. The molecule has 192 valence electrons. The van der Waals surface area contributed by atoms with Gasteiger partial charge in [-0.2, -0.15) is 0 Å². The molecular weight excluding hydrogens is 504 g/mol. The van der Waals surface area contributed by atoms with Crippen molar-refractivity contribution in [1.82, 2.24) is 0 Å². The van der Waals surface area contributed by atoms with Crippen molar-refractivity contribution in [3.63, 3.8) is 0 Å². The van der Waals surface area contributed by atoms with E-state index in [4.69, 9.17) is 0 Å². The highest BCUT2D eigenvalue weighted by Gasteiger charge is 2.70. The average molecular weight is 531 g/mol. The number of carbonyl (C=O) groups excluding carboxylic acids is 3. The van der Waals surface area contributed by atoms with E-state index in [1.807, 2.05) is 79.9 Å². The van der Waals surface area contributed by atoms with Gasteiger partial charge < -0.3 is 10.2 Å². The van der Waals surface area contributed by atoms with E-state index in [-0.39, 0.29) is 17.5 Å². The van der Waals surface area contributed by atoms with Crippen LogP contribution in [0.3, 0.4) is 0 Å².